The van der Waals surface area contributed by atoms with Crippen molar-refractivity contribution in [2.75, 3.05) is 10.7 Å². The second kappa shape index (κ2) is 4.91. The van der Waals surface area contributed by atoms with Gasteiger partial charge in [0, 0.05) is 6.20 Å². The fourth-order valence-corrected chi connectivity index (χ4v) is 2.09. The van der Waals surface area contributed by atoms with Crippen LogP contribution < -0.4 is 16.6 Å². The van der Waals surface area contributed by atoms with Crippen molar-refractivity contribution >= 4 is 23.1 Å². The zero-order valence-electron chi connectivity index (χ0n) is 8.84. The summed E-state index contributed by atoms with van der Waals surface area (Å²) >= 11 is 1.68. The van der Waals surface area contributed by atoms with Crippen molar-refractivity contribution < 1.29 is 0 Å². The number of hydrogen-bond donors (Lipinski definition) is 3. The molecule has 84 valence electrons. The fourth-order valence-electron chi connectivity index (χ4n) is 1.34. The number of nitrogen functional groups attached to an aromatic ring is 1. The summed E-state index contributed by atoms with van der Waals surface area (Å²) in [7, 11) is 0. The van der Waals surface area contributed by atoms with Gasteiger partial charge in [0.2, 0.25) is 5.95 Å². The van der Waals surface area contributed by atoms with Crippen molar-refractivity contribution in [3.05, 3.63) is 34.7 Å². The molecule has 0 amide bonds. The molecule has 0 aromatic carbocycles. The quantitative estimate of drug-likeness (QED) is 0.558. The Kier molecular flexibility index (Phi) is 3.33. The molecule has 2 heterocycles. The van der Waals surface area contributed by atoms with Crippen LogP contribution in [0.5, 0.6) is 0 Å². The number of nitrogens with two attached hydrogens (primary N) is 1. The van der Waals surface area contributed by atoms with Crippen LogP contribution in [-0.2, 0) is 0 Å². The summed E-state index contributed by atoms with van der Waals surface area (Å²) in [4.78, 5) is 8.13. The lowest BCUT2D eigenvalue weighted by Gasteiger charge is -2.13. The molecule has 0 bridgehead atoms. The van der Waals surface area contributed by atoms with E-state index in [9.17, 15) is 0 Å². The molecule has 4 N–H and O–H groups in total. The molecule has 1 unspecified atom stereocenters. The third-order valence-corrected chi connectivity index (χ3v) is 2.89. The third-order valence-electron chi connectivity index (χ3n) is 2.19. The van der Waals surface area contributed by atoms with Gasteiger partial charge >= 0.3 is 0 Å². The van der Waals surface area contributed by atoms with E-state index in [0.29, 0.717) is 5.95 Å². The highest BCUT2D eigenvalue weighted by atomic mass is 32.1. The molecular formula is C10H13N5S. The van der Waals surface area contributed by atoms with Crippen LogP contribution in [-0.4, -0.2) is 9.97 Å². The maximum Gasteiger partial charge on any atom is 0.239 e. The van der Waals surface area contributed by atoms with Crippen molar-refractivity contribution in [1.82, 2.24) is 9.97 Å². The summed E-state index contributed by atoms with van der Waals surface area (Å²) in [5, 5.41) is 7.45. The molecule has 0 aliphatic heterocycles. The zero-order chi connectivity index (χ0) is 11.4. The summed E-state index contributed by atoms with van der Waals surface area (Å²) in [6.07, 6.45) is 1.66. The summed E-state index contributed by atoms with van der Waals surface area (Å²) < 4.78 is 0. The molecule has 5 nitrogen and oxygen atoms in total. The molecule has 6 heteroatoms. The van der Waals surface area contributed by atoms with Gasteiger partial charge < -0.3 is 5.32 Å². The summed E-state index contributed by atoms with van der Waals surface area (Å²) in [6, 6.07) is 4.11. The smallest absolute Gasteiger partial charge is 0.239 e. The first-order valence-corrected chi connectivity index (χ1v) is 5.82. The van der Waals surface area contributed by atoms with Crippen LogP contribution in [0.1, 0.15) is 18.5 Å². The van der Waals surface area contributed by atoms with Crippen LogP contribution >= 0.6 is 11.3 Å². The lowest BCUT2D eigenvalue weighted by molar-refractivity contribution is 0.877. The Bertz CT molecular complexity index is 442. The van der Waals surface area contributed by atoms with E-state index in [0.717, 1.165) is 5.82 Å². The first kappa shape index (κ1) is 10.8. The van der Waals surface area contributed by atoms with Gasteiger partial charge in [0.05, 0.1) is 6.04 Å². The molecule has 0 fully saturated rings. The number of hydrazine groups is 1. The lowest BCUT2D eigenvalue weighted by Crippen LogP contribution is -2.12. The number of thiophene rings is 1. The predicted octanol–water partition coefficient (Wildman–Crippen LogP) is 2.00. The van der Waals surface area contributed by atoms with Gasteiger partial charge in [-0.1, -0.05) is 0 Å². The minimum Gasteiger partial charge on any atom is -0.363 e. The van der Waals surface area contributed by atoms with E-state index in [2.05, 4.69) is 44.5 Å². The second-order valence-corrected chi connectivity index (χ2v) is 4.11. The summed E-state index contributed by atoms with van der Waals surface area (Å²) in [5.74, 6) is 6.40. The molecule has 16 heavy (non-hydrogen) atoms. The average molecular weight is 235 g/mol. The minimum absolute atomic E-state index is 0.215. The molecule has 0 saturated carbocycles. The summed E-state index contributed by atoms with van der Waals surface area (Å²) in [6.45, 7) is 2.08. The molecule has 0 aliphatic rings. The van der Waals surface area contributed by atoms with Crippen LogP contribution in [0, 0.1) is 0 Å². The Balaban J connectivity index is 2.08. The van der Waals surface area contributed by atoms with Crippen LogP contribution in [0.15, 0.2) is 29.1 Å². The Morgan fingerprint density at radius 2 is 2.31 bits per heavy atom. The standard InChI is InChI=1S/C10H13N5S/c1-7(8-3-5-16-6-8)13-9-2-4-12-10(14-9)15-11/h2-7H,11H2,1H3,(H2,12,13,14,15). The highest BCUT2D eigenvalue weighted by Crippen LogP contribution is 2.20. The molecule has 0 radical (unpaired) electrons. The number of nitrogens with zero attached hydrogens (tertiary/aromatic N) is 2. The van der Waals surface area contributed by atoms with Gasteiger partial charge in [0.25, 0.3) is 0 Å². The number of anilines is 2. The van der Waals surface area contributed by atoms with Gasteiger partial charge in [0.15, 0.2) is 0 Å². The predicted molar refractivity (Wildman–Crippen MR) is 66.2 cm³/mol. The van der Waals surface area contributed by atoms with E-state index in [-0.39, 0.29) is 6.04 Å². The van der Waals surface area contributed by atoms with E-state index in [4.69, 9.17) is 5.84 Å². The van der Waals surface area contributed by atoms with E-state index in [1.807, 2.05) is 6.07 Å². The van der Waals surface area contributed by atoms with Crippen LogP contribution in [0.4, 0.5) is 11.8 Å². The van der Waals surface area contributed by atoms with Crippen molar-refractivity contribution in [3.8, 4) is 0 Å². The van der Waals surface area contributed by atoms with Crippen LogP contribution in [0.2, 0.25) is 0 Å². The Labute approximate surface area is 97.7 Å². The van der Waals surface area contributed by atoms with E-state index >= 15 is 0 Å². The highest BCUT2D eigenvalue weighted by molar-refractivity contribution is 7.07. The highest BCUT2D eigenvalue weighted by Gasteiger charge is 2.06. The number of rotatable bonds is 4. The number of hydrogen-bond acceptors (Lipinski definition) is 6. The van der Waals surface area contributed by atoms with Crippen LogP contribution in [0.25, 0.3) is 0 Å². The van der Waals surface area contributed by atoms with Crippen molar-refractivity contribution in [2.24, 2.45) is 5.84 Å². The maximum absolute atomic E-state index is 5.24. The van der Waals surface area contributed by atoms with Crippen molar-refractivity contribution in [1.29, 1.82) is 0 Å². The molecule has 2 aromatic heterocycles. The SMILES string of the molecule is CC(Nc1ccnc(NN)n1)c1ccsc1. The maximum atomic E-state index is 5.24. The lowest BCUT2D eigenvalue weighted by atomic mass is 10.2. The molecule has 2 rings (SSSR count). The van der Waals surface area contributed by atoms with Crippen molar-refractivity contribution in [2.45, 2.75) is 13.0 Å². The molecule has 0 saturated heterocycles. The average Bonchev–Trinajstić information content (AvgIpc) is 2.83. The number of aromatic nitrogens is 2. The fraction of sp³-hybridized carbons (Fsp3) is 0.200. The molecular weight excluding hydrogens is 222 g/mol. The van der Waals surface area contributed by atoms with Gasteiger partial charge in [-0.15, -0.1) is 0 Å². The largest absolute Gasteiger partial charge is 0.363 e. The molecule has 1 atom stereocenters. The first-order valence-electron chi connectivity index (χ1n) is 4.88. The Morgan fingerprint density at radius 3 is 3.00 bits per heavy atom. The van der Waals surface area contributed by atoms with E-state index in [1.54, 1.807) is 17.5 Å². The first-order chi connectivity index (χ1) is 7.79. The second-order valence-electron chi connectivity index (χ2n) is 3.33. The van der Waals surface area contributed by atoms with E-state index < -0.39 is 0 Å². The summed E-state index contributed by atoms with van der Waals surface area (Å²) in [5.41, 5.74) is 3.66. The van der Waals surface area contributed by atoms with Gasteiger partial charge in [0.1, 0.15) is 5.82 Å². The molecule has 0 spiro atoms. The van der Waals surface area contributed by atoms with Gasteiger partial charge in [-0.05, 0) is 35.4 Å². The number of nitrogens with one attached hydrogen (secondary N) is 2. The van der Waals surface area contributed by atoms with Gasteiger partial charge in [-0.3, -0.25) is 5.43 Å². The normalized spacial score (nSPS) is 12.1. The topological polar surface area (TPSA) is 75.9 Å². The molecule has 2 aromatic rings. The molecule has 0 aliphatic carbocycles. The Morgan fingerprint density at radius 1 is 1.44 bits per heavy atom. The third kappa shape index (κ3) is 2.47. The van der Waals surface area contributed by atoms with Gasteiger partial charge in [-0.25, -0.2) is 10.8 Å². The van der Waals surface area contributed by atoms with Gasteiger partial charge in [-0.2, -0.15) is 16.3 Å². The monoisotopic (exact) mass is 235 g/mol. The van der Waals surface area contributed by atoms with Crippen LogP contribution in [0.3, 0.4) is 0 Å². The van der Waals surface area contributed by atoms with Crippen molar-refractivity contribution in [3.63, 3.8) is 0 Å². The zero-order valence-corrected chi connectivity index (χ0v) is 9.66. The Hall–Kier alpha value is -1.66. The minimum atomic E-state index is 0.215. The van der Waals surface area contributed by atoms with E-state index in [1.165, 1.54) is 5.56 Å².